The Morgan fingerprint density at radius 3 is 2.50 bits per heavy atom. The summed E-state index contributed by atoms with van der Waals surface area (Å²) < 4.78 is 10.3. The number of aryl methyl sites for hydroxylation is 1. The van der Waals surface area contributed by atoms with E-state index in [1.807, 2.05) is 0 Å². The second-order valence-electron chi connectivity index (χ2n) is 5.37. The van der Waals surface area contributed by atoms with Gasteiger partial charge in [-0.2, -0.15) is 0 Å². The van der Waals surface area contributed by atoms with Crippen molar-refractivity contribution in [2.24, 2.45) is 0 Å². The van der Waals surface area contributed by atoms with Crippen LogP contribution >= 0.6 is 43.4 Å². The number of halogens is 2. The average Bonchev–Trinajstić information content (AvgIpc) is 2.94. The zero-order valence-electron chi connectivity index (χ0n) is 12.4. The molecule has 5 nitrogen and oxygen atoms in total. The van der Waals surface area contributed by atoms with Crippen molar-refractivity contribution in [3.63, 3.8) is 0 Å². The van der Waals surface area contributed by atoms with E-state index in [1.54, 1.807) is 37.3 Å². The molecule has 9 heteroatoms. The summed E-state index contributed by atoms with van der Waals surface area (Å²) in [7, 11) is -4.86. The molecule has 126 valence electrons. The minimum absolute atomic E-state index is 0.0187. The quantitative estimate of drug-likeness (QED) is 0.384. The SMILES string of the molecule is Cc1ccc(Cl)c(C(S)(c2nc3ccccc3[nH]2)P(=O)(O)O)c1Cl. The van der Waals surface area contributed by atoms with E-state index in [4.69, 9.17) is 23.2 Å². The minimum atomic E-state index is -4.86. The Morgan fingerprint density at radius 1 is 1.21 bits per heavy atom. The number of aromatic nitrogens is 2. The normalized spacial score (nSPS) is 14.8. The lowest BCUT2D eigenvalue weighted by Crippen LogP contribution is -2.24. The summed E-state index contributed by atoms with van der Waals surface area (Å²) >= 11 is 16.9. The Balaban J connectivity index is 2.39. The number of hydrogen-bond donors (Lipinski definition) is 4. The van der Waals surface area contributed by atoms with Crippen LogP contribution < -0.4 is 0 Å². The molecule has 1 aromatic heterocycles. The molecule has 0 fully saturated rings. The van der Waals surface area contributed by atoms with Crippen LogP contribution in [0.3, 0.4) is 0 Å². The van der Waals surface area contributed by atoms with Crippen LogP contribution in [0.5, 0.6) is 0 Å². The van der Waals surface area contributed by atoms with Crippen molar-refractivity contribution in [1.82, 2.24) is 9.97 Å². The van der Waals surface area contributed by atoms with Crippen molar-refractivity contribution < 1.29 is 14.4 Å². The van der Waals surface area contributed by atoms with E-state index >= 15 is 0 Å². The highest BCUT2D eigenvalue weighted by Crippen LogP contribution is 2.65. The second kappa shape index (κ2) is 6.06. The number of para-hydroxylation sites is 2. The maximum absolute atomic E-state index is 12.4. The molecule has 0 saturated heterocycles. The number of nitrogens with zero attached hydrogens (tertiary/aromatic N) is 1. The lowest BCUT2D eigenvalue weighted by atomic mass is 10.1. The van der Waals surface area contributed by atoms with Crippen LogP contribution in [0, 0.1) is 6.92 Å². The third-order valence-corrected chi connectivity index (χ3v) is 7.07. The molecule has 2 aromatic carbocycles. The molecule has 1 heterocycles. The summed E-state index contributed by atoms with van der Waals surface area (Å²) in [6, 6.07) is 10.2. The summed E-state index contributed by atoms with van der Waals surface area (Å²) in [5.74, 6) is -0.0187. The van der Waals surface area contributed by atoms with E-state index in [9.17, 15) is 14.4 Å². The summed E-state index contributed by atoms with van der Waals surface area (Å²) in [6.07, 6.45) is 0. The molecule has 0 aliphatic heterocycles. The highest BCUT2D eigenvalue weighted by molar-refractivity contribution is 7.90. The summed E-state index contributed by atoms with van der Waals surface area (Å²) in [5.41, 5.74) is 1.83. The van der Waals surface area contributed by atoms with Crippen LogP contribution in [-0.2, 0) is 9.05 Å². The number of thiol groups is 1. The highest BCUT2D eigenvalue weighted by atomic mass is 35.5. The maximum atomic E-state index is 12.4. The third-order valence-electron chi connectivity index (χ3n) is 3.77. The van der Waals surface area contributed by atoms with E-state index in [1.165, 1.54) is 6.07 Å². The van der Waals surface area contributed by atoms with Gasteiger partial charge in [0, 0.05) is 10.6 Å². The highest BCUT2D eigenvalue weighted by Gasteiger charge is 2.52. The van der Waals surface area contributed by atoms with E-state index in [0.717, 1.165) is 0 Å². The predicted octanol–water partition coefficient (Wildman–Crippen LogP) is 4.49. The largest absolute Gasteiger partial charge is 0.353 e. The third kappa shape index (κ3) is 2.68. The molecule has 3 N–H and O–H groups in total. The molecule has 3 rings (SSSR count). The fourth-order valence-electron chi connectivity index (χ4n) is 2.50. The molecular formula is C15H13Cl2N2O3PS. The van der Waals surface area contributed by atoms with E-state index in [-0.39, 0.29) is 21.4 Å². The second-order valence-corrected chi connectivity index (χ2v) is 8.94. The molecule has 1 atom stereocenters. The maximum Gasteiger partial charge on any atom is 0.353 e. The van der Waals surface area contributed by atoms with Gasteiger partial charge in [0.25, 0.3) is 0 Å². The van der Waals surface area contributed by atoms with Crippen LogP contribution in [-0.4, -0.2) is 19.8 Å². The summed E-state index contributed by atoms with van der Waals surface area (Å²) in [4.78, 5) is 27.3. The van der Waals surface area contributed by atoms with Crippen LogP contribution in [0.25, 0.3) is 11.0 Å². The Hall–Kier alpha value is -1.01. The Morgan fingerprint density at radius 2 is 1.88 bits per heavy atom. The summed E-state index contributed by atoms with van der Waals surface area (Å²) in [6.45, 7) is 1.72. The smallest absolute Gasteiger partial charge is 0.340 e. The molecule has 0 bridgehead atoms. The van der Waals surface area contributed by atoms with Gasteiger partial charge in [-0.1, -0.05) is 41.4 Å². The zero-order chi connectivity index (χ0) is 17.7. The van der Waals surface area contributed by atoms with Crippen molar-refractivity contribution in [3.8, 4) is 0 Å². The number of benzene rings is 2. The molecular weight excluding hydrogens is 390 g/mol. The molecule has 0 aliphatic rings. The Kier molecular flexibility index (Phi) is 4.49. The van der Waals surface area contributed by atoms with Gasteiger partial charge in [-0.15, -0.1) is 12.6 Å². The van der Waals surface area contributed by atoms with Gasteiger partial charge in [0.15, 0.2) is 4.49 Å². The topological polar surface area (TPSA) is 86.2 Å². The number of imidazole rings is 1. The van der Waals surface area contributed by atoms with Gasteiger partial charge in [0.2, 0.25) is 0 Å². The van der Waals surface area contributed by atoms with Crippen molar-refractivity contribution in [2.45, 2.75) is 11.4 Å². The van der Waals surface area contributed by atoms with Gasteiger partial charge >= 0.3 is 7.60 Å². The van der Waals surface area contributed by atoms with Gasteiger partial charge in [0.05, 0.1) is 16.1 Å². The first-order valence-corrected chi connectivity index (χ1v) is 9.66. The van der Waals surface area contributed by atoms with Gasteiger partial charge in [-0.3, -0.25) is 4.57 Å². The number of fused-ring (bicyclic) bond motifs is 1. The number of H-pyrrole nitrogens is 1. The van der Waals surface area contributed by atoms with Crippen LogP contribution in [0.1, 0.15) is 17.0 Å². The minimum Gasteiger partial charge on any atom is -0.340 e. The van der Waals surface area contributed by atoms with Crippen LogP contribution in [0.4, 0.5) is 0 Å². The van der Waals surface area contributed by atoms with Gasteiger partial charge < -0.3 is 14.8 Å². The number of aromatic amines is 1. The van der Waals surface area contributed by atoms with Gasteiger partial charge in [-0.05, 0) is 30.7 Å². The van der Waals surface area contributed by atoms with Crippen molar-refractivity contribution >= 4 is 54.5 Å². The standard InChI is InChI=1S/C15H13Cl2N2O3PS/c1-8-6-7-9(16)12(13(8)17)15(24,23(20,21)22)14-18-10-4-2-3-5-11(10)19-14/h2-7,24H,1H3,(H,18,19)(H2,20,21,22). The first kappa shape index (κ1) is 17.8. The molecule has 0 saturated carbocycles. The molecule has 0 radical (unpaired) electrons. The van der Waals surface area contributed by atoms with E-state index in [0.29, 0.717) is 16.6 Å². The molecule has 0 amide bonds. The van der Waals surface area contributed by atoms with Gasteiger partial charge in [0.1, 0.15) is 5.82 Å². The van der Waals surface area contributed by atoms with Crippen molar-refractivity contribution in [3.05, 3.63) is 63.4 Å². The Labute approximate surface area is 153 Å². The number of rotatable bonds is 3. The van der Waals surface area contributed by atoms with Crippen molar-refractivity contribution in [1.29, 1.82) is 0 Å². The molecule has 0 aliphatic carbocycles. The zero-order valence-corrected chi connectivity index (χ0v) is 15.7. The summed E-state index contributed by atoms with van der Waals surface area (Å²) in [5, 5.41) is 0.241. The molecule has 1 unspecified atom stereocenters. The lowest BCUT2D eigenvalue weighted by Gasteiger charge is -2.30. The van der Waals surface area contributed by atoms with Crippen LogP contribution in [0.2, 0.25) is 10.0 Å². The lowest BCUT2D eigenvalue weighted by molar-refractivity contribution is 0.358. The average molecular weight is 403 g/mol. The van der Waals surface area contributed by atoms with Crippen molar-refractivity contribution in [2.75, 3.05) is 0 Å². The number of hydrogen-bond acceptors (Lipinski definition) is 3. The van der Waals surface area contributed by atoms with E-state index in [2.05, 4.69) is 22.6 Å². The molecule has 3 aromatic rings. The monoisotopic (exact) mass is 402 g/mol. The van der Waals surface area contributed by atoms with Gasteiger partial charge in [-0.25, -0.2) is 4.98 Å². The predicted molar refractivity (Wildman–Crippen MR) is 99.1 cm³/mol. The fourth-order valence-corrected chi connectivity index (χ4v) is 4.66. The molecule has 0 spiro atoms. The first-order chi connectivity index (χ1) is 11.2. The van der Waals surface area contributed by atoms with E-state index < -0.39 is 12.1 Å². The number of nitrogens with one attached hydrogen (secondary N) is 1. The van der Waals surface area contributed by atoms with Crippen LogP contribution in [0.15, 0.2) is 36.4 Å². The molecule has 24 heavy (non-hydrogen) atoms. The fraction of sp³-hybridized carbons (Fsp3) is 0.133. The Bertz CT molecular complexity index is 955. The first-order valence-electron chi connectivity index (χ1n) is 6.84.